The van der Waals surface area contributed by atoms with Crippen LogP contribution in [0, 0.1) is 5.92 Å². The Balaban J connectivity index is 2.00. The number of pyridine rings is 1. The van der Waals surface area contributed by atoms with Crippen LogP contribution in [0.25, 0.3) is 0 Å². The summed E-state index contributed by atoms with van der Waals surface area (Å²) in [6, 6.07) is 1.70. The molecule has 0 aliphatic carbocycles. The number of likely N-dealkylation sites (tertiary alicyclic amines) is 1. The van der Waals surface area contributed by atoms with Crippen LogP contribution in [0.15, 0.2) is 18.5 Å². The molecule has 0 spiro atoms. The highest BCUT2D eigenvalue weighted by molar-refractivity contribution is 5.98. The number of amides is 1. The van der Waals surface area contributed by atoms with E-state index < -0.39 is 5.60 Å². The maximum Gasteiger partial charge on any atom is 0.410 e. The molecule has 1 aromatic heterocycles. The Morgan fingerprint density at radius 2 is 2.09 bits per heavy atom. The van der Waals surface area contributed by atoms with Gasteiger partial charge in [0, 0.05) is 30.8 Å². The van der Waals surface area contributed by atoms with Gasteiger partial charge in [-0.3, -0.25) is 9.78 Å². The van der Waals surface area contributed by atoms with Gasteiger partial charge in [0.2, 0.25) is 0 Å². The summed E-state index contributed by atoms with van der Waals surface area (Å²) >= 11 is 0. The lowest BCUT2D eigenvalue weighted by molar-refractivity contribution is 0.0289. The highest BCUT2D eigenvalue weighted by Gasteiger charge is 2.33. The fraction of sp³-hybridized carbons (Fsp3) is 0.588. The Hall–Kier alpha value is -2.11. The van der Waals surface area contributed by atoms with E-state index in [9.17, 15) is 9.59 Å². The summed E-state index contributed by atoms with van der Waals surface area (Å²) in [4.78, 5) is 30.3. The van der Waals surface area contributed by atoms with Crippen molar-refractivity contribution >= 4 is 11.9 Å². The monoisotopic (exact) mass is 320 g/mol. The van der Waals surface area contributed by atoms with Crippen molar-refractivity contribution in [3.8, 4) is 5.75 Å². The Labute approximate surface area is 136 Å². The molecule has 23 heavy (non-hydrogen) atoms. The van der Waals surface area contributed by atoms with Gasteiger partial charge in [-0.1, -0.05) is 0 Å². The molecule has 1 unspecified atom stereocenters. The molecule has 2 heterocycles. The predicted octanol–water partition coefficient (Wildman–Crippen LogP) is 2.92. The van der Waals surface area contributed by atoms with Crippen molar-refractivity contribution in [2.24, 2.45) is 5.92 Å². The SMILES string of the molecule is CCOc1cncc(C(=O)C2CCN(C(=O)OC(C)(C)C)C2)c1. The maximum absolute atomic E-state index is 12.6. The first-order valence-corrected chi connectivity index (χ1v) is 7.90. The van der Waals surface area contributed by atoms with Crippen LogP contribution >= 0.6 is 0 Å². The van der Waals surface area contributed by atoms with Gasteiger partial charge in [-0.05, 0) is 40.2 Å². The molecule has 6 nitrogen and oxygen atoms in total. The van der Waals surface area contributed by atoms with Gasteiger partial charge in [0.05, 0.1) is 12.8 Å². The second kappa shape index (κ2) is 6.98. The van der Waals surface area contributed by atoms with Crippen LogP contribution in [-0.4, -0.2) is 47.1 Å². The molecule has 1 amide bonds. The van der Waals surface area contributed by atoms with E-state index in [1.54, 1.807) is 23.4 Å². The minimum atomic E-state index is -0.533. The number of ether oxygens (including phenoxy) is 2. The van der Waals surface area contributed by atoms with Gasteiger partial charge in [-0.15, -0.1) is 0 Å². The largest absolute Gasteiger partial charge is 0.492 e. The van der Waals surface area contributed by atoms with Crippen molar-refractivity contribution < 1.29 is 19.1 Å². The number of carbonyl (C=O) groups is 2. The first kappa shape index (κ1) is 17.2. The third-order valence-corrected chi connectivity index (χ3v) is 3.52. The first-order chi connectivity index (χ1) is 10.8. The first-order valence-electron chi connectivity index (χ1n) is 7.90. The number of hydrogen-bond acceptors (Lipinski definition) is 5. The summed E-state index contributed by atoms with van der Waals surface area (Å²) in [5, 5.41) is 0. The van der Waals surface area contributed by atoms with Crippen LogP contribution in [0.1, 0.15) is 44.5 Å². The number of rotatable bonds is 4. The maximum atomic E-state index is 12.6. The predicted molar refractivity (Wildman–Crippen MR) is 85.7 cm³/mol. The molecule has 1 aliphatic rings. The molecule has 1 saturated heterocycles. The highest BCUT2D eigenvalue weighted by atomic mass is 16.6. The molecule has 0 N–H and O–H groups in total. The van der Waals surface area contributed by atoms with E-state index in [2.05, 4.69) is 4.98 Å². The number of aromatic nitrogens is 1. The summed E-state index contributed by atoms with van der Waals surface area (Å²) in [6.45, 7) is 8.80. The Bertz CT molecular complexity index is 580. The van der Waals surface area contributed by atoms with Crippen molar-refractivity contribution in [2.75, 3.05) is 19.7 Å². The molecule has 0 bridgehead atoms. The molecule has 1 atom stereocenters. The van der Waals surface area contributed by atoms with Crippen molar-refractivity contribution in [3.63, 3.8) is 0 Å². The number of carbonyl (C=O) groups excluding carboxylic acids is 2. The molecule has 0 radical (unpaired) electrons. The number of Topliss-reactive ketones (excluding diaryl/α,β-unsaturated/α-hetero) is 1. The fourth-order valence-electron chi connectivity index (χ4n) is 2.50. The second-order valence-electron chi connectivity index (χ2n) is 6.62. The summed E-state index contributed by atoms with van der Waals surface area (Å²) in [7, 11) is 0. The Morgan fingerprint density at radius 3 is 2.74 bits per heavy atom. The van der Waals surface area contributed by atoms with E-state index in [1.165, 1.54) is 0 Å². The van der Waals surface area contributed by atoms with Crippen LogP contribution in [-0.2, 0) is 4.74 Å². The smallest absolute Gasteiger partial charge is 0.410 e. The normalized spacial score (nSPS) is 17.9. The lowest BCUT2D eigenvalue weighted by Crippen LogP contribution is -2.35. The number of ketones is 1. The van der Waals surface area contributed by atoms with Crippen LogP contribution in [0.2, 0.25) is 0 Å². The summed E-state index contributed by atoms with van der Waals surface area (Å²) < 4.78 is 10.7. The summed E-state index contributed by atoms with van der Waals surface area (Å²) in [5.74, 6) is 0.353. The average Bonchev–Trinajstić information content (AvgIpc) is 2.95. The van der Waals surface area contributed by atoms with Gasteiger partial charge in [-0.25, -0.2) is 4.79 Å². The summed E-state index contributed by atoms with van der Waals surface area (Å²) in [6.07, 6.45) is 3.40. The van der Waals surface area contributed by atoms with E-state index in [0.717, 1.165) is 0 Å². The molecule has 126 valence electrons. The molecule has 2 rings (SSSR count). The fourth-order valence-corrected chi connectivity index (χ4v) is 2.50. The third kappa shape index (κ3) is 4.68. The van der Waals surface area contributed by atoms with Crippen LogP contribution in [0.5, 0.6) is 5.75 Å². The van der Waals surface area contributed by atoms with Crippen molar-refractivity contribution in [3.05, 3.63) is 24.0 Å². The minimum absolute atomic E-state index is 0.00916. The van der Waals surface area contributed by atoms with Crippen LogP contribution in [0.3, 0.4) is 0 Å². The van der Waals surface area contributed by atoms with Crippen molar-refractivity contribution in [1.82, 2.24) is 9.88 Å². The molecule has 6 heteroatoms. The van der Waals surface area contributed by atoms with Crippen LogP contribution in [0.4, 0.5) is 4.79 Å². The molecule has 0 aromatic carbocycles. The lowest BCUT2D eigenvalue weighted by atomic mass is 9.98. The van der Waals surface area contributed by atoms with Gasteiger partial charge in [0.1, 0.15) is 11.4 Å². The number of hydrogen-bond donors (Lipinski definition) is 0. The molecule has 0 saturated carbocycles. The zero-order chi connectivity index (χ0) is 17.0. The quantitative estimate of drug-likeness (QED) is 0.798. The lowest BCUT2D eigenvalue weighted by Gasteiger charge is -2.24. The third-order valence-electron chi connectivity index (χ3n) is 3.52. The molecular weight excluding hydrogens is 296 g/mol. The van der Waals surface area contributed by atoms with E-state index in [4.69, 9.17) is 9.47 Å². The van der Waals surface area contributed by atoms with E-state index in [1.807, 2.05) is 27.7 Å². The second-order valence-corrected chi connectivity index (χ2v) is 6.62. The topological polar surface area (TPSA) is 68.7 Å². The zero-order valence-corrected chi connectivity index (χ0v) is 14.2. The van der Waals surface area contributed by atoms with Gasteiger partial charge in [0.25, 0.3) is 0 Å². The highest BCUT2D eigenvalue weighted by Crippen LogP contribution is 2.24. The average molecular weight is 320 g/mol. The van der Waals surface area contributed by atoms with Crippen LogP contribution < -0.4 is 4.74 Å². The minimum Gasteiger partial charge on any atom is -0.492 e. The standard InChI is InChI=1S/C17H24N2O4/c1-5-22-14-8-13(9-18-10-14)15(20)12-6-7-19(11-12)16(21)23-17(2,3)4/h8-10,12H,5-7,11H2,1-4H3. The Morgan fingerprint density at radius 1 is 1.35 bits per heavy atom. The summed E-state index contributed by atoms with van der Waals surface area (Å²) in [5.41, 5.74) is -0.0125. The molecule has 1 aromatic rings. The zero-order valence-electron chi connectivity index (χ0n) is 14.2. The van der Waals surface area contributed by atoms with Crippen molar-refractivity contribution in [2.45, 2.75) is 39.7 Å². The van der Waals surface area contributed by atoms with Gasteiger partial charge in [-0.2, -0.15) is 0 Å². The van der Waals surface area contributed by atoms with Gasteiger partial charge in [0.15, 0.2) is 5.78 Å². The van der Waals surface area contributed by atoms with E-state index >= 15 is 0 Å². The number of nitrogens with zero attached hydrogens (tertiary/aromatic N) is 2. The van der Waals surface area contributed by atoms with Crippen molar-refractivity contribution in [1.29, 1.82) is 0 Å². The van der Waals surface area contributed by atoms with E-state index in [-0.39, 0.29) is 17.8 Å². The van der Waals surface area contributed by atoms with Gasteiger partial charge >= 0.3 is 6.09 Å². The molecule has 1 aliphatic heterocycles. The Kier molecular flexibility index (Phi) is 5.23. The van der Waals surface area contributed by atoms with E-state index in [0.29, 0.717) is 37.4 Å². The molecular formula is C17H24N2O4. The van der Waals surface area contributed by atoms with Gasteiger partial charge < -0.3 is 14.4 Å². The molecule has 1 fully saturated rings.